The van der Waals surface area contributed by atoms with Gasteiger partial charge in [-0.2, -0.15) is 0 Å². The summed E-state index contributed by atoms with van der Waals surface area (Å²) in [5.74, 6) is -0.199. The Morgan fingerprint density at radius 2 is 1.69 bits per heavy atom. The second-order valence-corrected chi connectivity index (χ2v) is 7.02. The topological polar surface area (TPSA) is 71.1 Å². The predicted molar refractivity (Wildman–Crippen MR) is 113 cm³/mol. The summed E-state index contributed by atoms with van der Waals surface area (Å²) in [6.07, 6.45) is 0. The normalized spacial score (nSPS) is 13.8. The summed E-state index contributed by atoms with van der Waals surface area (Å²) in [6, 6.07) is 11.3. The van der Waals surface area contributed by atoms with Crippen LogP contribution in [0, 0.1) is 13.8 Å². The highest BCUT2D eigenvalue weighted by Gasteiger charge is 2.27. The number of amides is 2. The third kappa shape index (κ3) is 4.45. The number of carbonyl (C=O) groups is 2. The third-order valence-corrected chi connectivity index (χ3v) is 5.33. The van der Waals surface area contributed by atoms with Crippen LogP contribution < -0.4 is 19.7 Å². The van der Waals surface area contributed by atoms with Crippen LogP contribution in [-0.4, -0.2) is 57.1 Å². The van der Waals surface area contributed by atoms with Gasteiger partial charge < -0.3 is 24.6 Å². The lowest BCUT2D eigenvalue weighted by Gasteiger charge is -2.36. The van der Waals surface area contributed by atoms with E-state index in [1.54, 1.807) is 23.1 Å². The standard InChI is InChI=1S/C22H27N3O4/c1-15-6-5-7-19(16(15)2)24-10-12-25(13-11-24)22(27)21(26)23-18-14-17(28-3)8-9-20(18)29-4/h5-9,14H,10-13H2,1-4H3,(H,23,26). The number of anilines is 2. The van der Waals surface area contributed by atoms with Crippen molar-refractivity contribution in [1.29, 1.82) is 0 Å². The lowest BCUT2D eigenvalue weighted by atomic mass is 10.1. The molecular formula is C22H27N3O4. The molecule has 0 radical (unpaired) electrons. The summed E-state index contributed by atoms with van der Waals surface area (Å²) in [6.45, 7) is 6.56. The smallest absolute Gasteiger partial charge is 0.314 e. The number of aryl methyl sites for hydroxylation is 1. The number of piperazine rings is 1. The van der Waals surface area contributed by atoms with Gasteiger partial charge in [0, 0.05) is 37.9 Å². The molecular weight excluding hydrogens is 370 g/mol. The molecule has 1 aliphatic rings. The molecule has 3 rings (SSSR count). The molecule has 2 amide bonds. The lowest BCUT2D eigenvalue weighted by molar-refractivity contribution is -0.143. The van der Waals surface area contributed by atoms with Crippen LogP contribution in [0.1, 0.15) is 11.1 Å². The van der Waals surface area contributed by atoms with E-state index in [2.05, 4.69) is 36.2 Å². The van der Waals surface area contributed by atoms with Crippen molar-refractivity contribution in [3.05, 3.63) is 47.5 Å². The second-order valence-electron chi connectivity index (χ2n) is 7.02. The van der Waals surface area contributed by atoms with Gasteiger partial charge >= 0.3 is 11.8 Å². The number of nitrogens with zero attached hydrogens (tertiary/aromatic N) is 2. The van der Waals surface area contributed by atoms with Gasteiger partial charge in [-0.3, -0.25) is 9.59 Å². The first-order valence-electron chi connectivity index (χ1n) is 9.58. The molecule has 2 aromatic rings. The van der Waals surface area contributed by atoms with Gasteiger partial charge in [0.1, 0.15) is 11.5 Å². The number of hydrogen-bond donors (Lipinski definition) is 1. The highest BCUT2D eigenvalue weighted by Crippen LogP contribution is 2.29. The Morgan fingerprint density at radius 1 is 0.966 bits per heavy atom. The monoisotopic (exact) mass is 397 g/mol. The largest absolute Gasteiger partial charge is 0.497 e. The first-order valence-corrected chi connectivity index (χ1v) is 9.58. The Kier molecular flexibility index (Phi) is 6.26. The van der Waals surface area contributed by atoms with Gasteiger partial charge in [0.05, 0.1) is 19.9 Å². The van der Waals surface area contributed by atoms with Crippen molar-refractivity contribution in [2.75, 3.05) is 50.6 Å². The Bertz CT molecular complexity index is 905. The Balaban J connectivity index is 1.63. The zero-order valence-corrected chi connectivity index (χ0v) is 17.3. The van der Waals surface area contributed by atoms with Gasteiger partial charge in [0.25, 0.3) is 0 Å². The Hall–Kier alpha value is -3.22. The fourth-order valence-electron chi connectivity index (χ4n) is 3.46. The quantitative estimate of drug-likeness (QED) is 0.803. The van der Waals surface area contributed by atoms with Gasteiger partial charge in [-0.15, -0.1) is 0 Å². The minimum Gasteiger partial charge on any atom is -0.497 e. The van der Waals surface area contributed by atoms with Crippen LogP contribution in [-0.2, 0) is 9.59 Å². The summed E-state index contributed by atoms with van der Waals surface area (Å²) in [5.41, 5.74) is 4.07. The minimum absolute atomic E-state index is 0.402. The maximum atomic E-state index is 12.6. The molecule has 7 nitrogen and oxygen atoms in total. The van der Waals surface area contributed by atoms with Crippen molar-refractivity contribution in [3.8, 4) is 11.5 Å². The number of hydrogen-bond acceptors (Lipinski definition) is 5. The van der Waals surface area contributed by atoms with Crippen molar-refractivity contribution in [2.24, 2.45) is 0 Å². The average Bonchev–Trinajstić information content (AvgIpc) is 2.75. The van der Waals surface area contributed by atoms with Crippen LogP contribution in [0.3, 0.4) is 0 Å². The Labute approximate surface area is 171 Å². The SMILES string of the molecule is COc1ccc(OC)c(NC(=O)C(=O)N2CCN(c3cccc(C)c3C)CC2)c1. The first-order chi connectivity index (χ1) is 13.9. The van der Waals surface area contributed by atoms with Crippen LogP contribution in [0.15, 0.2) is 36.4 Å². The molecule has 1 aliphatic heterocycles. The Morgan fingerprint density at radius 3 is 2.34 bits per heavy atom. The molecule has 0 saturated carbocycles. The van der Waals surface area contributed by atoms with Gasteiger partial charge in [0.15, 0.2) is 0 Å². The van der Waals surface area contributed by atoms with E-state index < -0.39 is 11.8 Å². The molecule has 7 heteroatoms. The maximum Gasteiger partial charge on any atom is 0.314 e. The van der Waals surface area contributed by atoms with E-state index in [0.717, 1.165) is 0 Å². The number of rotatable bonds is 4. The molecule has 2 aromatic carbocycles. The molecule has 29 heavy (non-hydrogen) atoms. The number of methoxy groups -OCH3 is 2. The van der Waals surface area contributed by atoms with E-state index in [1.807, 2.05) is 6.07 Å². The van der Waals surface area contributed by atoms with E-state index in [4.69, 9.17) is 9.47 Å². The number of benzene rings is 2. The van der Waals surface area contributed by atoms with E-state index in [0.29, 0.717) is 43.4 Å². The van der Waals surface area contributed by atoms with Gasteiger partial charge in [-0.1, -0.05) is 12.1 Å². The molecule has 0 spiro atoms. The summed E-state index contributed by atoms with van der Waals surface area (Å²) < 4.78 is 10.4. The van der Waals surface area contributed by atoms with E-state index >= 15 is 0 Å². The highest BCUT2D eigenvalue weighted by molar-refractivity contribution is 6.39. The summed E-state index contributed by atoms with van der Waals surface area (Å²) in [5, 5.41) is 2.64. The molecule has 0 aromatic heterocycles. The van der Waals surface area contributed by atoms with Crippen LogP contribution in [0.2, 0.25) is 0 Å². The van der Waals surface area contributed by atoms with Crippen LogP contribution in [0.25, 0.3) is 0 Å². The molecule has 1 fully saturated rings. The molecule has 0 atom stereocenters. The zero-order valence-electron chi connectivity index (χ0n) is 17.3. The molecule has 154 valence electrons. The van der Waals surface area contributed by atoms with Crippen LogP contribution >= 0.6 is 0 Å². The summed E-state index contributed by atoms with van der Waals surface area (Å²) in [4.78, 5) is 29.0. The number of nitrogens with one attached hydrogen (secondary N) is 1. The van der Waals surface area contributed by atoms with E-state index in [-0.39, 0.29) is 0 Å². The van der Waals surface area contributed by atoms with Gasteiger partial charge in [-0.05, 0) is 43.2 Å². The summed E-state index contributed by atoms with van der Waals surface area (Å²) in [7, 11) is 3.04. The maximum absolute atomic E-state index is 12.6. The van der Waals surface area contributed by atoms with E-state index in [9.17, 15) is 9.59 Å². The molecule has 1 saturated heterocycles. The molecule has 1 N–H and O–H groups in total. The number of carbonyl (C=O) groups excluding carboxylic acids is 2. The van der Waals surface area contributed by atoms with Crippen molar-refractivity contribution in [1.82, 2.24) is 4.90 Å². The zero-order chi connectivity index (χ0) is 21.0. The number of ether oxygens (including phenoxy) is 2. The van der Waals surface area contributed by atoms with Crippen molar-refractivity contribution in [2.45, 2.75) is 13.8 Å². The van der Waals surface area contributed by atoms with Crippen molar-refractivity contribution < 1.29 is 19.1 Å². The second kappa shape index (κ2) is 8.86. The fourth-order valence-corrected chi connectivity index (χ4v) is 3.46. The lowest BCUT2D eigenvalue weighted by Crippen LogP contribution is -2.51. The first kappa shape index (κ1) is 20.5. The molecule has 0 aliphatic carbocycles. The van der Waals surface area contributed by atoms with Gasteiger partial charge in [-0.25, -0.2) is 0 Å². The molecule has 0 unspecified atom stereocenters. The summed E-state index contributed by atoms with van der Waals surface area (Å²) >= 11 is 0. The average molecular weight is 397 g/mol. The predicted octanol–water partition coefficient (Wildman–Crippen LogP) is 2.61. The highest BCUT2D eigenvalue weighted by atomic mass is 16.5. The van der Waals surface area contributed by atoms with Crippen LogP contribution in [0.5, 0.6) is 11.5 Å². The van der Waals surface area contributed by atoms with Crippen LogP contribution in [0.4, 0.5) is 11.4 Å². The molecule has 1 heterocycles. The van der Waals surface area contributed by atoms with Crippen molar-refractivity contribution >= 4 is 23.2 Å². The van der Waals surface area contributed by atoms with Gasteiger partial charge in [0.2, 0.25) is 0 Å². The molecule has 0 bridgehead atoms. The minimum atomic E-state index is -0.684. The van der Waals surface area contributed by atoms with Crippen molar-refractivity contribution in [3.63, 3.8) is 0 Å². The fraction of sp³-hybridized carbons (Fsp3) is 0.364. The third-order valence-electron chi connectivity index (χ3n) is 5.33. The van der Waals surface area contributed by atoms with E-state index in [1.165, 1.54) is 31.0 Å².